The first-order valence-corrected chi connectivity index (χ1v) is 11.8. The van der Waals surface area contributed by atoms with Crippen molar-refractivity contribution in [2.45, 2.75) is 6.54 Å². The Kier molecular flexibility index (Phi) is 5.73. The molecule has 4 aromatic carbocycles. The van der Waals surface area contributed by atoms with Crippen molar-refractivity contribution >= 4 is 23.8 Å². The third-order valence-electron chi connectivity index (χ3n) is 5.36. The predicted molar refractivity (Wildman–Crippen MR) is 130 cm³/mol. The van der Waals surface area contributed by atoms with E-state index in [0.717, 1.165) is 6.54 Å². The fourth-order valence-electron chi connectivity index (χ4n) is 3.88. The normalized spacial score (nSPS) is 11.0. The highest BCUT2D eigenvalue weighted by atomic mass is 31.1. The molecule has 1 aromatic heterocycles. The molecule has 3 heteroatoms. The van der Waals surface area contributed by atoms with Crippen molar-refractivity contribution in [3.63, 3.8) is 0 Å². The molecule has 0 saturated heterocycles. The highest BCUT2D eigenvalue weighted by molar-refractivity contribution is 7.79. The van der Waals surface area contributed by atoms with Gasteiger partial charge in [0.15, 0.2) is 0 Å². The van der Waals surface area contributed by atoms with E-state index in [1.54, 1.807) is 0 Å². The van der Waals surface area contributed by atoms with Gasteiger partial charge in [0, 0.05) is 5.56 Å². The molecule has 1 heterocycles. The standard InChI is InChI=1S/C28H24N2P/c1-4-13-25(14-5-1)30-21-20-29(23-30)22-24-12-10-11-19-28(24)31(26-15-6-2-7-16-26)27-17-8-3-9-18-27/h1-21,23H,22H2/q+1. The van der Waals surface area contributed by atoms with Crippen LogP contribution in [0.5, 0.6) is 0 Å². The molecule has 0 N–H and O–H groups in total. The Balaban J connectivity index is 1.53. The van der Waals surface area contributed by atoms with Gasteiger partial charge in [0.05, 0.1) is 0 Å². The average Bonchev–Trinajstić information content (AvgIpc) is 3.31. The third kappa shape index (κ3) is 4.35. The van der Waals surface area contributed by atoms with Crippen LogP contribution in [0.25, 0.3) is 5.69 Å². The van der Waals surface area contributed by atoms with Gasteiger partial charge in [0.25, 0.3) is 0 Å². The summed E-state index contributed by atoms with van der Waals surface area (Å²) in [4.78, 5) is 0. The number of rotatable bonds is 6. The molecule has 0 atom stereocenters. The number of nitrogens with zero attached hydrogens (tertiary/aromatic N) is 2. The molecule has 5 rings (SSSR count). The lowest BCUT2D eigenvalue weighted by Gasteiger charge is -2.21. The average molecular weight is 419 g/mol. The minimum absolute atomic E-state index is 0.620. The van der Waals surface area contributed by atoms with Crippen molar-refractivity contribution < 1.29 is 4.57 Å². The van der Waals surface area contributed by atoms with Crippen molar-refractivity contribution in [2.75, 3.05) is 0 Å². The molecule has 2 nitrogen and oxygen atoms in total. The molecule has 150 valence electrons. The zero-order valence-corrected chi connectivity index (χ0v) is 18.1. The Morgan fingerprint density at radius 1 is 0.613 bits per heavy atom. The van der Waals surface area contributed by atoms with Crippen molar-refractivity contribution in [3.8, 4) is 5.69 Å². The molecule has 0 unspecified atom stereocenters. The largest absolute Gasteiger partial charge is 0.249 e. The number of benzene rings is 4. The van der Waals surface area contributed by atoms with Gasteiger partial charge in [-0.1, -0.05) is 103 Å². The Bertz CT molecular complexity index is 1210. The van der Waals surface area contributed by atoms with Gasteiger partial charge in [-0.05, 0) is 36.0 Å². The van der Waals surface area contributed by atoms with Gasteiger partial charge in [-0.2, -0.15) is 0 Å². The number of aromatic nitrogens is 2. The van der Waals surface area contributed by atoms with Crippen LogP contribution in [0.4, 0.5) is 0 Å². The van der Waals surface area contributed by atoms with Gasteiger partial charge in [0.1, 0.15) is 24.6 Å². The molecule has 0 amide bonds. The Morgan fingerprint density at radius 2 is 1.16 bits per heavy atom. The van der Waals surface area contributed by atoms with E-state index in [1.165, 1.54) is 27.2 Å². The minimum Gasteiger partial charge on any atom is -0.232 e. The summed E-state index contributed by atoms with van der Waals surface area (Å²) in [5, 5.41) is 4.17. The maximum absolute atomic E-state index is 2.30. The molecule has 0 bridgehead atoms. The van der Waals surface area contributed by atoms with E-state index < -0.39 is 7.92 Å². The molecule has 0 spiro atoms. The van der Waals surface area contributed by atoms with E-state index in [0.29, 0.717) is 0 Å². The second kappa shape index (κ2) is 9.12. The van der Waals surface area contributed by atoms with Crippen LogP contribution in [-0.2, 0) is 6.54 Å². The van der Waals surface area contributed by atoms with Crippen molar-refractivity contribution in [1.29, 1.82) is 0 Å². The van der Waals surface area contributed by atoms with E-state index in [4.69, 9.17) is 0 Å². The van der Waals surface area contributed by atoms with Crippen LogP contribution in [0, 0.1) is 0 Å². The summed E-state index contributed by atoms with van der Waals surface area (Å²) in [6, 6.07) is 41.1. The van der Waals surface area contributed by atoms with Crippen molar-refractivity contribution in [2.24, 2.45) is 0 Å². The van der Waals surface area contributed by atoms with Crippen molar-refractivity contribution in [3.05, 3.63) is 140 Å². The number of hydrogen-bond donors (Lipinski definition) is 0. The Morgan fingerprint density at radius 3 is 1.81 bits per heavy atom. The van der Waals surface area contributed by atoms with Crippen LogP contribution < -0.4 is 20.5 Å². The summed E-state index contributed by atoms with van der Waals surface area (Å²) in [6.07, 6.45) is 6.44. The summed E-state index contributed by atoms with van der Waals surface area (Å²) in [5.41, 5.74) is 2.53. The van der Waals surface area contributed by atoms with Gasteiger partial charge >= 0.3 is 0 Å². The molecular formula is C28H24N2P+. The van der Waals surface area contributed by atoms with E-state index >= 15 is 0 Å². The highest BCUT2D eigenvalue weighted by Gasteiger charge is 2.20. The number of hydrogen-bond acceptors (Lipinski definition) is 0. The number of para-hydroxylation sites is 1. The zero-order valence-electron chi connectivity index (χ0n) is 17.3. The smallest absolute Gasteiger partial charge is 0.232 e. The van der Waals surface area contributed by atoms with E-state index in [1.807, 2.05) is 6.07 Å². The van der Waals surface area contributed by atoms with E-state index in [9.17, 15) is 0 Å². The topological polar surface area (TPSA) is 8.81 Å². The second-order valence-electron chi connectivity index (χ2n) is 7.46. The lowest BCUT2D eigenvalue weighted by atomic mass is 10.2. The maximum Gasteiger partial charge on any atom is 0.249 e. The molecule has 31 heavy (non-hydrogen) atoms. The zero-order chi connectivity index (χ0) is 20.9. The monoisotopic (exact) mass is 419 g/mol. The predicted octanol–water partition coefficient (Wildman–Crippen LogP) is 4.57. The molecule has 0 radical (unpaired) electrons. The van der Waals surface area contributed by atoms with Crippen LogP contribution in [0.3, 0.4) is 0 Å². The van der Waals surface area contributed by atoms with Crippen molar-refractivity contribution in [1.82, 2.24) is 4.57 Å². The molecule has 5 aromatic rings. The number of imidazole rings is 1. The Hall–Kier alpha value is -3.48. The molecular weight excluding hydrogens is 395 g/mol. The Labute approximate surface area is 184 Å². The minimum atomic E-state index is -0.620. The lowest BCUT2D eigenvalue weighted by Crippen LogP contribution is -2.35. The maximum atomic E-state index is 2.30. The van der Waals surface area contributed by atoms with Gasteiger partial charge in [-0.25, -0.2) is 9.13 Å². The molecule has 0 fully saturated rings. The first-order valence-electron chi connectivity index (χ1n) is 10.5. The SMILES string of the molecule is c1ccc(-n2cc[n+](Cc3ccccc3P(c3ccccc3)c3ccccc3)c2)cc1. The molecule has 0 saturated carbocycles. The van der Waals surface area contributed by atoms with Gasteiger partial charge < -0.3 is 0 Å². The van der Waals surface area contributed by atoms with Gasteiger partial charge in [-0.15, -0.1) is 0 Å². The summed E-state index contributed by atoms with van der Waals surface area (Å²) >= 11 is 0. The second-order valence-corrected chi connectivity index (χ2v) is 9.65. The van der Waals surface area contributed by atoms with Crippen LogP contribution in [0.1, 0.15) is 5.56 Å². The van der Waals surface area contributed by atoms with Crippen LogP contribution in [-0.4, -0.2) is 4.57 Å². The molecule has 0 aliphatic heterocycles. The first-order chi connectivity index (χ1) is 15.4. The fourth-order valence-corrected chi connectivity index (χ4v) is 6.34. The van der Waals surface area contributed by atoms with Crippen LogP contribution in [0.2, 0.25) is 0 Å². The summed E-state index contributed by atoms with van der Waals surface area (Å²) in [5.74, 6) is 0. The van der Waals surface area contributed by atoms with Crippen LogP contribution in [0.15, 0.2) is 134 Å². The van der Waals surface area contributed by atoms with Gasteiger partial charge in [-0.3, -0.25) is 0 Å². The highest BCUT2D eigenvalue weighted by Crippen LogP contribution is 2.33. The first kappa shape index (κ1) is 19.5. The molecule has 0 aliphatic rings. The third-order valence-corrected chi connectivity index (χ3v) is 7.91. The summed E-state index contributed by atoms with van der Waals surface area (Å²) in [7, 11) is -0.620. The summed E-state index contributed by atoms with van der Waals surface area (Å²) in [6.45, 7) is 0.842. The van der Waals surface area contributed by atoms with Crippen LogP contribution >= 0.6 is 7.92 Å². The molecule has 0 aliphatic carbocycles. The quantitative estimate of drug-likeness (QED) is 0.282. The summed E-state index contributed by atoms with van der Waals surface area (Å²) < 4.78 is 4.43. The van der Waals surface area contributed by atoms with Gasteiger partial charge in [0.2, 0.25) is 6.33 Å². The van der Waals surface area contributed by atoms with E-state index in [-0.39, 0.29) is 0 Å². The lowest BCUT2D eigenvalue weighted by molar-refractivity contribution is -0.687. The van der Waals surface area contributed by atoms with E-state index in [2.05, 4.69) is 137 Å². The fraction of sp³-hybridized carbons (Fsp3) is 0.0357.